The molecular weight excluding hydrogens is 280 g/mol. The van der Waals surface area contributed by atoms with Crippen LogP contribution in [0, 0.1) is 5.92 Å². The van der Waals surface area contributed by atoms with Crippen molar-refractivity contribution in [2.45, 2.75) is 45.8 Å². The van der Waals surface area contributed by atoms with E-state index < -0.39 is 0 Å². The van der Waals surface area contributed by atoms with Crippen LogP contribution < -0.4 is 5.32 Å². The van der Waals surface area contributed by atoms with E-state index in [1.54, 1.807) is 11.3 Å². The first-order valence-electron chi connectivity index (χ1n) is 8.06. The summed E-state index contributed by atoms with van der Waals surface area (Å²) in [6.45, 7) is 9.93. The van der Waals surface area contributed by atoms with Crippen LogP contribution in [-0.2, 0) is 13.1 Å². The van der Waals surface area contributed by atoms with Gasteiger partial charge in [0.2, 0.25) is 0 Å². The van der Waals surface area contributed by atoms with Crippen LogP contribution in [0.25, 0.3) is 0 Å². The summed E-state index contributed by atoms with van der Waals surface area (Å²) < 4.78 is 0. The van der Waals surface area contributed by atoms with Crippen molar-refractivity contribution in [1.82, 2.24) is 20.1 Å². The van der Waals surface area contributed by atoms with Crippen molar-refractivity contribution < 1.29 is 0 Å². The minimum atomic E-state index is 0.521. The van der Waals surface area contributed by atoms with E-state index in [0.29, 0.717) is 6.04 Å². The van der Waals surface area contributed by atoms with Gasteiger partial charge in [0.05, 0.1) is 5.69 Å². The third kappa shape index (κ3) is 6.02. The van der Waals surface area contributed by atoms with Gasteiger partial charge in [-0.3, -0.25) is 4.90 Å². The standard InChI is InChI=1S/C16H30N4S/c1-13(2)17-9-16-18-15(12-21-16)11-20-7-5-14(6-8-20)10-19(3)4/h12-14,17H,5-11H2,1-4H3. The Bertz CT molecular complexity index is 408. The van der Waals surface area contributed by atoms with Gasteiger partial charge in [0.15, 0.2) is 0 Å². The second kappa shape index (κ2) is 8.22. The number of nitrogens with zero attached hydrogens (tertiary/aromatic N) is 3. The van der Waals surface area contributed by atoms with Gasteiger partial charge in [0.25, 0.3) is 0 Å². The maximum Gasteiger partial charge on any atom is 0.107 e. The van der Waals surface area contributed by atoms with Crippen LogP contribution in [0.1, 0.15) is 37.4 Å². The third-order valence-electron chi connectivity index (χ3n) is 3.98. The molecule has 4 nitrogen and oxygen atoms in total. The molecule has 5 heteroatoms. The second-order valence-corrected chi connectivity index (χ2v) is 7.69. The predicted octanol–water partition coefficient (Wildman–Crippen LogP) is 2.41. The zero-order chi connectivity index (χ0) is 15.2. The molecule has 0 atom stereocenters. The molecule has 2 rings (SSSR count). The Morgan fingerprint density at radius 2 is 2.10 bits per heavy atom. The van der Waals surface area contributed by atoms with Gasteiger partial charge in [0, 0.05) is 31.1 Å². The molecule has 1 aliphatic rings. The van der Waals surface area contributed by atoms with Crippen molar-refractivity contribution in [2.24, 2.45) is 5.92 Å². The maximum atomic E-state index is 4.75. The number of aromatic nitrogens is 1. The van der Waals surface area contributed by atoms with Crippen molar-refractivity contribution in [2.75, 3.05) is 33.7 Å². The second-order valence-electron chi connectivity index (χ2n) is 6.75. The van der Waals surface area contributed by atoms with Crippen LogP contribution in [0.4, 0.5) is 0 Å². The predicted molar refractivity (Wildman–Crippen MR) is 90.6 cm³/mol. The fraction of sp³-hybridized carbons (Fsp3) is 0.812. The van der Waals surface area contributed by atoms with Gasteiger partial charge in [-0.25, -0.2) is 4.98 Å². The van der Waals surface area contributed by atoms with E-state index in [2.05, 4.69) is 48.4 Å². The van der Waals surface area contributed by atoms with Gasteiger partial charge in [-0.05, 0) is 45.9 Å². The number of nitrogens with one attached hydrogen (secondary N) is 1. The Kier molecular flexibility index (Phi) is 6.61. The van der Waals surface area contributed by atoms with Gasteiger partial charge < -0.3 is 10.2 Å². The largest absolute Gasteiger partial charge is 0.309 e. The molecule has 0 unspecified atom stereocenters. The number of thiazole rings is 1. The van der Waals surface area contributed by atoms with Crippen molar-refractivity contribution in [3.8, 4) is 0 Å². The molecule has 0 amide bonds. The molecule has 0 bridgehead atoms. The summed E-state index contributed by atoms with van der Waals surface area (Å²) in [6.07, 6.45) is 2.65. The van der Waals surface area contributed by atoms with E-state index in [9.17, 15) is 0 Å². The number of piperidine rings is 1. The quantitative estimate of drug-likeness (QED) is 0.838. The van der Waals surface area contributed by atoms with Crippen LogP contribution in [0.5, 0.6) is 0 Å². The first-order valence-corrected chi connectivity index (χ1v) is 8.94. The fourth-order valence-electron chi connectivity index (χ4n) is 2.87. The Labute approximate surface area is 133 Å². The van der Waals surface area contributed by atoms with Crippen molar-refractivity contribution >= 4 is 11.3 Å². The van der Waals surface area contributed by atoms with E-state index in [4.69, 9.17) is 4.98 Å². The highest BCUT2D eigenvalue weighted by Crippen LogP contribution is 2.20. The summed E-state index contributed by atoms with van der Waals surface area (Å²) in [4.78, 5) is 9.62. The van der Waals surface area contributed by atoms with Crippen LogP contribution in [0.3, 0.4) is 0 Å². The first-order chi connectivity index (χ1) is 10.0. The van der Waals surface area contributed by atoms with Gasteiger partial charge in [-0.1, -0.05) is 13.8 Å². The summed E-state index contributed by atoms with van der Waals surface area (Å²) in [5.74, 6) is 0.873. The molecule has 0 radical (unpaired) electrons. The zero-order valence-electron chi connectivity index (χ0n) is 13.9. The Balaban J connectivity index is 1.73. The lowest BCUT2D eigenvalue weighted by atomic mass is 9.96. The van der Waals surface area contributed by atoms with Gasteiger partial charge in [-0.15, -0.1) is 11.3 Å². The fourth-order valence-corrected chi connectivity index (χ4v) is 3.60. The highest BCUT2D eigenvalue weighted by atomic mass is 32.1. The minimum Gasteiger partial charge on any atom is -0.309 e. The van der Waals surface area contributed by atoms with Crippen LogP contribution in [0.2, 0.25) is 0 Å². The Morgan fingerprint density at radius 1 is 1.38 bits per heavy atom. The first kappa shape index (κ1) is 16.9. The van der Waals surface area contributed by atoms with E-state index in [0.717, 1.165) is 19.0 Å². The van der Waals surface area contributed by atoms with E-state index in [-0.39, 0.29) is 0 Å². The molecule has 0 aromatic carbocycles. The lowest BCUT2D eigenvalue weighted by Gasteiger charge is -2.32. The molecule has 1 saturated heterocycles. The number of likely N-dealkylation sites (tertiary alicyclic amines) is 1. The molecule has 0 aliphatic carbocycles. The highest BCUT2D eigenvalue weighted by Gasteiger charge is 2.20. The lowest BCUT2D eigenvalue weighted by Crippen LogP contribution is -2.36. The van der Waals surface area contributed by atoms with Crippen LogP contribution >= 0.6 is 11.3 Å². The molecule has 21 heavy (non-hydrogen) atoms. The highest BCUT2D eigenvalue weighted by molar-refractivity contribution is 7.09. The van der Waals surface area contributed by atoms with Crippen LogP contribution in [-0.4, -0.2) is 54.6 Å². The molecule has 120 valence electrons. The average Bonchev–Trinajstić information content (AvgIpc) is 2.86. The normalized spacial score (nSPS) is 18.0. The summed E-state index contributed by atoms with van der Waals surface area (Å²) in [7, 11) is 4.35. The Morgan fingerprint density at radius 3 is 2.71 bits per heavy atom. The number of hydrogen-bond donors (Lipinski definition) is 1. The SMILES string of the molecule is CC(C)NCc1nc(CN2CCC(CN(C)C)CC2)cs1. The van der Waals surface area contributed by atoms with Crippen molar-refractivity contribution in [1.29, 1.82) is 0 Å². The monoisotopic (exact) mass is 310 g/mol. The molecule has 1 fully saturated rings. The molecule has 0 spiro atoms. The molecule has 1 N–H and O–H groups in total. The summed E-state index contributed by atoms with van der Waals surface area (Å²) >= 11 is 1.78. The number of hydrogen-bond acceptors (Lipinski definition) is 5. The molecule has 0 saturated carbocycles. The Hall–Kier alpha value is -0.490. The van der Waals surface area contributed by atoms with Gasteiger partial charge in [-0.2, -0.15) is 0 Å². The van der Waals surface area contributed by atoms with Gasteiger partial charge in [0.1, 0.15) is 5.01 Å². The topological polar surface area (TPSA) is 31.4 Å². The zero-order valence-corrected chi connectivity index (χ0v) is 14.7. The van der Waals surface area contributed by atoms with E-state index >= 15 is 0 Å². The third-order valence-corrected chi connectivity index (χ3v) is 4.87. The van der Waals surface area contributed by atoms with E-state index in [1.165, 1.54) is 43.2 Å². The summed E-state index contributed by atoms with van der Waals surface area (Å²) in [5.41, 5.74) is 1.24. The molecule has 2 heterocycles. The molecule has 1 aromatic rings. The number of rotatable bonds is 7. The molecule has 1 aliphatic heterocycles. The maximum absolute atomic E-state index is 4.75. The summed E-state index contributed by atoms with van der Waals surface area (Å²) in [6, 6.07) is 0.521. The smallest absolute Gasteiger partial charge is 0.107 e. The van der Waals surface area contributed by atoms with Crippen LogP contribution in [0.15, 0.2) is 5.38 Å². The average molecular weight is 311 g/mol. The van der Waals surface area contributed by atoms with Gasteiger partial charge >= 0.3 is 0 Å². The minimum absolute atomic E-state index is 0.521. The lowest BCUT2D eigenvalue weighted by molar-refractivity contribution is 0.155. The van der Waals surface area contributed by atoms with E-state index in [1.807, 2.05) is 0 Å². The molecule has 1 aromatic heterocycles. The van der Waals surface area contributed by atoms with Crippen molar-refractivity contribution in [3.05, 3.63) is 16.1 Å². The van der Waals surface area contributed by atoms with Crippen molar-refractivity contribution in [3.63, 3.8) is 0 Å². The summed E-state index contributed by atoms with van der Waals surface area (Å²) in [5, 5.41) is 6.87. The molecular formula is C16H30N4S.